The Kier molecular flexibility index (Phi) is 4.29. The maximum Gasteiger partial charge on any atom is 0.194 e. The van der Waals surface area contributed by atoms with Gasteiger partial charge >= 0.3 is 0 Å². The SMILES string of the molecule is CNc1cccc2c1Cc1nc(Sc3cnc4cccnc4c3)nc(N3CC(N)C3)c1-2. The monoisotopic (exact) mass is 427 g/mol. The molecule has 0 amide bonds. The molecule has 2 aliphatic rings. The van der Waals surface area contributed by atoms with Crippen molar-refractivity contribution in [3.8, 4) is 11.1 Å². The molecular formula is C23H21N7S. The van der Waals surface area contributed by atoms with Gasteiger partial charge in [0.15, 0.2) is 5.16 Å². The summed E-state index contributed by atoms with van der Waals surface area (Å²) in [6.45, 7) is 1.63. The largest absolute Gasteiger partial charge is 0.388 e. The third-order valence-corrected chi connectivity index (χ3v) is 6.67. The van der Waals surface area contributed by atoms with E-state index in [0.717, 1.165) is 63.4 Å². The standard InChI is InChI=1S/C23H21N7S/c1-25-17-5-2-4-15-16(17)9-20-21(15)22(30-11-13(24)12-30)29-23(28-20)31-14-8-19-18(27-10-14)6-3-7-26-19/h2-8,10,13,25H,9,11-12,24H2,1H3. The Hall–Kier alpha value is -3.23. The Morgan fingerprint density at radius 1 is 1.10 bits per heavy atom. The summed E-state index contributed by atoms with van der Waals surface area (Å²) in [6.07, 6.45) is 4.44. The summed E-state index contributed by atoms with van der Waals surface area (Å²) in [7, 11) is 1.96. The van der Waals surface area contributed by atoms with Crippen LogP contribution in [0.5, 0.6) is 0 Å². The molecule has 3 aromatic heterocycles. The van der Waals surface area contributed by atoms with Gasteiger partial charge in [0.05, 0.1) is 16.7 Å². The predicted octanol–water partition coefficient (Wildman–Crippen LogP) is 3.33. The number of nitrogens with one attached hydrogen (secondary N) is 1. The van der Waals surface area contributed by atoms with Crippen molar-refractivity contribution in [3.63, 3.8) is 0 Å². The molecule has 6 rings (SSSR count). The minimum absolute atomic E-state index is 0.196. The highest BCUT2D eigenvalue weighted by Gasteiger charge is 2.33. The lowest BCUT2D eigenvalue weighted by Gasteiger charge is -2.39. The van der Waals surface area contributed by atoms with Crippen molar-refractivity contribution < 1.29 is 0 Å². The number of fused-ring (bicyclic) bond motifs is 4. The topological polar surface area (TPSA) is 92.8 Å². The molecule has 4 aromatic rings. The third-order valence-electron chi connectivity index (χ3n) is 5.85. The Bertz CT molecular complexity index is 1320. The molecule has 0 unspecified atom stereocenters. The second-order valence-electron chi connectivity index (χ2n) is 7.89. The summed E-state index contributed by atoms with van der Waals surface area (Å²) >= 11 is 1.53. The van der Waals surface area contributed by atoms with E-state index in [4.69, 9.17) is 15.7 Å². The van der Waals surface area contributed by atoms with Gasteiger partial charge in [-0.2, -0.15) is 0 Å². The van der Waals surface area contributed by atoms with Crippen molar-refractivity contribution in [2.24, 2.45) is 5.73 Å². The van der Waals surface area contributed by atoms with Crippen molar-refractivity contribution in [2.45, 2.75) is 22.5 Å². The van der Waals surface area contributed by atoms with Crippen molar-refractivity contribution in [2.75, 3.05) is 30.4 Å². The summed E-state index contributed by atoms with van der Waals surface area (Å²) in [6, 6.07) is 12.5. The molecule has 7 nitrogen and oxygen atoms in total. The first-order chi connectivity index (χ1) is 15.2. The van der Waals surface area contributed by atoms with Crippen molar-refractivity contribution in [1.29, 1.82) is 0 Å². The molecule has 0 atom stereocenters. The molecule has 3 N–H and O–H groups in total. The van der Waals surface area contributed by atoms with Crippen molar-refractivity contribution >= 4 is 34.3 Å². The molecule has 1 aliphatic carbocycles. The van der Waals surface area contributed by atoms with Crippen LogP contribution < -0.4 is 16.0 Å². The Balaban J connectivity index is 1.43. The molecule has 154 valence electrons. The van der Waals surface area contributed by atoms with E-state index in [2.05, 4.69) is 38.4 Å². The van der Waals surface area contributed by atoms with E-state index in [1.54, 1.807) is 6.20 Å². The Morgan fingerprint density at radius 3 is 2.84 bits per heavy atom. The number of pyridine rings is 2. The Labute approximate surface area is 184 Å². The van der Waals surface area contributed by atoms with Crippen LogP contribution in [-0.2, 0) is 6.42 Å². The van der Waals surface area contributed by atoms with Crippen LogP contribution in [0, 0.1) is 0 Å². The molecule has 1 aromatic carbocycles. The number of rotatable bonds is 4. The van der Waals surface area contributed by atoms with E-state index >= 15 is 0 Å². The molecule has 4 heterocycles. The quantitative estimate of drug-likeness (QED) is 0.422. The van der Waals surface area contributed by atoms with Crippen LogP contribution in [0.1, 0.15) is 11.3 Å². The van der Waals surface area contributed by atoms with Crippen molar-refractivity contribution in [3.05, 3.63) is 60.0 Å². The maximum atomic E-state index is 6.09. The van der Waals surface area contributed by atoms with Gasteiger partial charge in [0, 0.05) is 61.1 Å². The summed E-state index contributed by atoms with van der Waals surface area (Å²) in [5.74, 6) is 0.980. The minimum Gasteiger partial charge on any atom is -0.388 e. The van der Waals surface area contributed by atoms with Gasteiger partial charge in [-0.3, -0.25) is 9.97 Å². The normalized spacial score (nSPS) is 15.0. The molecule has 0 saturated carbocycles. The number of anilines is 2. The molecule has 8 heteroatoms. The number of hydrogen-bond acceptors (Lipinski definition) is 8. The number of nitrogens with zero attached hydrogens (tertiary/aromatic N) is 5. The Morgan fingerprint density at radius 2 is 2.00 bits per heavy atom. The molecule has 1 saturated heterocycles. The highest BCUT2D eigenvalue weighted by molar-refractivity contribution is 7.99. The first-order valence-electron chi connectivity index (χ1n) is 10.3. The summed E-state index contributed by atoms with van der Waals surface area (Å²) in [5.41, 5.74) is 13.7. The lowest BCUT2D eigenvalue weighted by molar-refractivity contribution is 0.512. The van der Waals surface area contributed by atoms with E-state index in [9.17, 15) is 0 Å². The smallest absolute Gasteiger partial charge is 0.194 e. The number of nitrogens with two attached hydrogens (primary N) is 1. The summed E-state index contributed by atoms with van der Waals surface area (Å²) in [4.78, 5) is 22.1. The predicted molar refractivity (Wildman–Crippen MR) is 124 cm³/mol. The number of hydrogen-bond donors (Lipinski definition) is 2. The second kappa shape index (κ2) is 7.18. The van der Waals surface area contributed by atoms with Gasteiger partial charge < -0.3 is 16.0 Å². The number of benzene rings is 1. The van der Waals surface area contributed by atoms with Crippen LogP contribution in [0.15, 0.2) is 58.8 Å². The van der Waals surface area contributed by atoms with E-state index < -0.39 is 0 Å². The molecule has 31 heavy (non-hydrogen) atoms. The van der Waals surface area contributed by atoms with Gasteiger partial charge in [0.1, 0.15) is 5.82 Å². The van der Waals surface area contributed by atoms with Gasteiger partial charge in [0.25, 0.3) is 0 Å². The number of aromatic nitrogens is 4. The maximum absolute atomic E-state index is 6.09. The molecule has 1 fully saturated rings. The van der Waals surface area contributed by atoms with E-state index in [1.165, 1.54) is 22.9 Å². The third kappa shape index (κ3) is 3.10. The molecular weight excluding hydrogens is 406 g/mol. The average Bonchev–Trinajstić information content (AvgIpc) is 3.15. The van der Waals surface area contributed by atoms with Gasteiger partial charge in [-0.15, -0.1) is 0 Å². The zero-order valence-electron chi connectivity index (χ0n) is 17.0. The molecule has 1 aliphatic heterocycles. The molecule has 0 radical (unpaired) electrons. The van der Waals surface area contributed by atoms with E-state index in [0.29, 0.717) is 0 Å². The van der Waals surface area contributed by atoms with Gasteiger partial charge in [-0.05, 0) is 47.2 Å². The van der Waals surface area contributed by atoms with Gasteiger partial charge in [-0.1, -0.05) is 12.1 Å². The zero-order chi connectivity index (χ0) is 20.9. The minimum atomic E-state index is 0.196. The average molecular weight is 428 g/mol. The lowest BCUT2D eigenvalue weighted by Crippen LogP contribution is -2.56. The van der Waals surface area contributed by atoms with Crippen LogP contribution in [0.4, 0.5) is 11.5 Å². The highest BCUT2D eigenvalue weighted by Crippen LogP contribution is 2.45. The summed E-state index contributed by atoms with van der Waals surface area (Å²) in [5, 5.41) is 4.04. The van der Waals surface area contributed by atoms with E-state index in [1.807, 2.05) is 31.4 Å². The highest BCUT2D eigenvalue weighted by atomic mass is 32.2. The fourth-order valence-electron chi connectivity index (χ4n) is 4.34. The fourth-order valence-corrected chi connectivity index (χ4v) is 5.12. The fraction of sp³-hybridized carbons (Fsp3) is 0.217. The first kappa shape index (κ1) is 18.5. The van der Waals surface area contributed by atoms with Gasteiger partial charge in [0.2, 0.25) is 0 Å². The first-order valence-corrected chi connectivity index (χ1v) is 11.1. The van der Waals surface area contributed by atoms with Gasteiger partial charge in [-0.25, -0.2) is 9.97 Å². The van der Waals surface area contributed by atoms with Crippen LogP contribution >= 0.6 is 11.8 Å². The molecule has 0 bridgehead atoms. The van der Waals surface area contributed by atoms with Crippen LogP contribution in [-0.4, -0.2) is 46.1 Å². The van der Waals surface area contributed by atoms with Crippen LogP contribution in [0.25, 0.3) is 22.2 Å². The van der Waals surface area contributed by atoms with Crippen LogP contribution in [0.3, 0.4) is 0 Å². The zero-order valence-corrected chi connectivity index (χ0v) is 17.9. The van der Waals surface area contributed by atoms with Crippen LogP contribution in [0.2, 0.25) is 0 Å². The summed E-state index contributed by atoms with van der Waals surface area (Å²) < 4.78 is 0. The molecule has 0 spiro atoms. The second-order valence-corrected chi connectivity index (χ2v) is 8.93. The van der Waals surface area contributed by atoms with E-state index in [-0.39, 0.29) is 6.04 Å². The van der Waals surface area contributed by atoms with Crippen molar-refractivity contribution in [1.82, 2.24) is 19.9 Å². The lowest BCUT2D eigenvalue weighted by atomic mass is 10.0.